The van der Waals surface area contributed by atoms with Crippen molar-refractivity contribution < 1.29 is 13.2 Å². The lowest BCUT2D eigenvalue weighted by molar-refractivity contribution is -0.131. The van der Waals surface area contributed by atoms with Gasteiger partial charge in [-0.1, -0.05) is 32.1 Å². The lowest BCUT2D eigenvalue weighted by Gasteiger charge is -2.26. The predicted molar refractivity (Wildman–Crippen MR) is 75.6 cm³/mol. The van der Waals surface area contributed by atoms with E-state index in [1.54, 1.807) is 11.9 Å². The van der Waals surface area contributed by atoms with Crippen molar-refractivity contribution in [3.8, 4) is 0 Å². The van der Waals surface area contributed by atoms with Gasteiger partial charge in [0.15, 0.2) is 9.84 Å². The molecule has 0 N–H and O–H groups in total. The Bertz CT molecular complexity index is 412. The molecule has 4 nitrogen and oxygen atoms in total. The molecule has 0 aromatic rings. The molecule has 0 spiro atoms. The smallest absolute Gasteiger partial charge is 0.222 e. The second-order valence-electron chi connectivity index (χ2n) is 6.10. The van der Waals surface area contributed by atoms with E-state index in [2.05, 4.69) is 0 Å². The van der Waals surface area contributed by atoms with E-state index in [1.807, 2.05) is 0 Å². The number of sulfone groups is 1. The normalized spacial score (nSPS) is 27.3. The molecule has 1 aliphatic carbocycles. The molecule has 2 rings (SSSR count). The molecule has 0 aromatic heterocycles. The largest absolute Gasteiger partial charge is 0.342 e. The average molecular weight is 287 g/mol. The van der Waals surface area contributed by atoms with Crippen molar-refractivity contribution in [3.63, 3.8) is 0 Å². The van der Waals surface area contributed by atoms with Crippen LogP contribution in [0.15, 0.2) is 0 Å². The van der Waals surface area contributed by atoms with Gasteiger partial charge in [-0.3, -0.25) is 4.79 Å². The van der Waals surface area contributed by atoms with Crippen molar-refractivity contribution >= 4 is 15.7 Å². The molecule has 0 radical (unpaired) electrons. The number of nitrogens with zero attached hydrogens (tertiary/aromatic N) is 1. The summed E-state index contributed by atoms with van der Waals surface area (Å²) >= 11 is 0. The van der Waals surface area contributed by atoms with E-state index in [-0.39, 0.29) is 23.5 Å². The quantitative estimate of drug-likeness (QED) is 0.794. The standard InChI is InChI=1S/C14H25NO3S/c1-15(13-9-10-19(17,18)11-13)14(16)8-7-12-5-3-2-4-6-12/h12-13H,2-11H2,1H3/t13-/m0/s1. The minimum absolute atomic E-state index is 0.0937. The molecule has 1 heterocycles. The van der Waals surface area contributed by atoms with Crippen LogP contribution in [0.3, 0.4) is 0 Å². The van der Waals surface area contributed by atoms with Gasteiger partial charge in [-0.15, -0.1) is 0 Å². The number of hydrogen-bond donors (Lipinski definition) is 0. The summed E-state index contributed by atoms with van der Waals surface area (Å²) in [5.41, 5.74) is 0. The first-order chi connectivity index (χ1) is 8.98. The van der Waals surface area contributed by atoms with Crippen LogP contribution in [-0.2, 0) is 14.6 Å². The van der Waals surface area contributed by atoms with Gasteiger partial charge in [0, 0.05) is 19.5 Å². The minimum atomic E-state index is -2.90. The Hall–Kier alpha value is -0.580. The Kier molecular flexibility index (Phi) is 4.87. The van der Waals surface area contributed by atoms with Crippen LogP contribution in [0.4, 0.5) is 0 Å². The van der Waals surface area contributed by atoms with Crippen LogP contribution in [0.5, 0.6) is 0 Å². The predicted octanol–water partition coefficient (Wildman–Crippen LogP) is 1.99. The highest BCUT2D eigenvalue weighted by Gasteiger charge is 2.32. The third-order valence-corrected chi connectivity index (χ3v) is 6.39. The fourth-order valence-corrected chi connectivity index (χ4v) is 5.04. The molecule has 5 heteroatoms. The number of hydrogen-bond acceptors (Lipinski definition) is 3. The van der Waals surface area contributed by atoms with Gasteiger partial charge >= 0.3 is 0 Å². The van der Waals surface area contributed by atoms with Gasteiger partial charge in [0.2, 0.25) is 5.91 Å². The summed E-state index contributed by atoms with van der Waals surface area (Å²) in [6.07, 6.45) is 8.62. The summed E-state index contributed by atoms with van der Waals surface area (Å²) < 4.78 is 22.9. The fourth-order valence-electron chi connectivity index (χ4n) is 3.26. The van der Waals surface area contributed by atoms with E-state index in [1.165, 1.54) is 32.1 Å². The first kappa shape index (κ1) is 14.8. The fraction of sp³-hybridized carbons (Fsp3) is 0.929. The molecular formula is C14H25NO3S. The third kappa shape index (κ3) is 4.20. The molecule has 1 atom stereocenters. The van der Waals surface area contributed by atoms with Crippen LogP contribution in [0.2, 0.25) is 0 Å². The summed E-state index contributed by atoms with van der Waals surface area (Å²) in [5, 5.41) is 0. The maximum atomic E-state index is 12.1. The van der Waals surface area contributed by atoms with Crippen molar-refractivity contribution in [2.45, 2.75) is 57.4 Å². The Balaban J connectivity index is 1.76. The maximum Gasteiger partial charge on any atom is 0.222 e. The van der Waals surface area contributed by atoms with E-state index in [0.29, 0.717) is 18.8 Å². The number of carbonyl (C=O) groups is 1. The number of rotatable bonds is 4. The second kappa shape index (κ2) is 6.25. The maximum absolute atomic E-state index is 12.1. The zero-order valence-electron chi connectivity index (χ0n) is 11.8. The molecule has 2 fully saturated rings. The Labute approximate surface area is 116 Å². The summed E-state index contributed by atoms with van der Waals surface area (Å²) in [7, 11) is -1.14. The summed E-state index contributed by atoms with van der Waals surface area (Å²) in [6, 6.07) is -0.0937. The van der Waals surface area contributed by atoms with Crippen LogP contribution in [0, 0.1) is 5.92 Å². The molecule has 0 bridgehead atoms. The van der Waals surface area contributed by atoms with Crippen molar-refractivity contribution in [3.05, 3.63) is 0 Å². The molecule has 0 unspecified atom stereocenters. The molecule has 1 saturated carbocycles. The van der Waals surface area contributed by atoms with Crippen LogP contribution < -0.4 is 0 Å². The van der Waals surface area contributed by atoms with Crippen LogP contribution in [-0.4, -0.2) is 43.8 Å². The van der Waals surface area contributed by atoms with E-state index >= 15 is 0 Å². The van der Waals surface area contributed by atoms with E-state index in [0.717, 1.165) is 6.42 Å². The monoisotopic (exact) mass is 287 g/mol. The third-order valence-electron chi connectivity index (χ3n) is 4.64. The number of amides is 1. The molecule has 1 saturated heterocycles. The van der Waals surface area contributed by atoms with Gasteiger partial charge < -0.3 is 4.90 Å². The average Bonchev–Trinajstić information content (AvgIpc) is 2.76. The Morgan fingerprint density at radius 2 is 1.84 bits per heavy atom. The molecule has 110 valence electrons. The van der Waals surface area contributed by atoms with Gasteiger partial charge in [0.05, 0.1) is 11.5 Å². The zero-order chi connectivity index (χ0) is 13.9. The van der Waals surface area contributed by atoms with Crippen molar-refractivity contribution in [1.29, 1.82) is 0 Å². The van der Waals surface area contributed by atoms with E-state index in [4.69, 9.17) is 0 Å². The molecular weight excluding hydrogens is 262 g/mol. The van der Waals surface area contributed by atoms with Gasteiger partial charge in [0.1, 0.15) is 0 Å². The Morgan fingerprint density at radius 3 is 2.42 bits per heavy atom. The summed E-state index contributed by atoms with van der Waals surface area (Å²) in [6.45, 7) is 0. The van der Waals surface area contributed by atoms with Gasteiger partial charge in [0.25, 0.3) is 0 Å². The van der Waals surface area contributed by atoms with Crippen LogP contribution in [0.25, 0.3) is 0 Å². The van der Waals surface area contributed by atoms with Crippen molar-refractivity contribution in [2.24, 2.45) is 5.92 Å². The van der Waals surface area contributed by atoms with Gasteiger partial charge in [-0.05, 0) is 18.8 Å². The topological polar surface area (TPSA) is 54.5 Å². The van der Waals surface area contributed by atoms with Crippen LogP contribution >= 0.6 is 0 Å². The highest BCUT2D eigenvalue weighted by molar-refractivity contribution is 7.91. The highest BCUT2D eigenvalue weighted by atomic mass is 32.2. The second-order valence-corrected chi connectivity index (χ2v) is 8.33. The van der Waals surface area contributed by atoms with Gasteiger partial charge in [-0.25, -0.2) is 8.42 Å². The molecule has 19 heavy (non-hydrogen) atoms. The summed E-state index contributed by atoms with van der Waals surface area (Å²) in [4.78, 5) is 13.8. The lowest BCUT2D eigenvalue weighted by Crippen LogP contribution is -2.37. The Morgan fingerprint density at radius 1 is 1.16 bits per heavy atom. The molecule has 1 aliphatic heterocycles. The first-order valence-electron chi connectivity index (χ1n) is 7.44. The lowest BCUT2D eigenvalue weighted by atomic mass is 9.86. The van der Waals surface area contributed by atoms with Crippen LogP contribution in [0.1, 0.15) is 51.4 Å². The van der Waals surface area contributed by atoms with E-state index < -0.39 is 9.84 Å². The minimum Gasteiger partial charge on any atom is -0.342 e. The van der Waals surface area contributed by atoms with Gasteiger partial charge in [-0.2, -0.15) is 0 Å². The zero-order valence-corrected chi connectivity index (χ0v) is 12.6. The SMILES string of the molecule is CN(C(=O)CCC1CCCCC1)[C@H]1CCS(=O)(=O)C1. The molecule has 2 aliphatic rings. The molecule has 0 aromatic carbocycles. The number of carbonyl (C=O) groups excluding carboxylic acids is 1. The molecule has 1 amide bonds. The van der Waals surface area contributed by atoms with E-state index in [9.17, 15) is 13.2 Å². The van der Waals surface area contributed by atoms with Crippen molar-refractivity contribution in [2.75, 3.05) is 18.6 Å². The highest BCUT2D eigenvalue weighted by Crippen LogP contribution is 2.27. The van der Waals surface area contributed by atoms with Crippen molar-refractivity contribution in [1.82, 2.24) is 4.90 Å². The first-order valence-corrected chi connectivity index (χ1v) is 9.26. The summed E-state index contributed by atoms with van der Waals surface area (Å²) in [5.74, 6) is 1.21.